The normalized spacial score (nSPS) is 10.9. The highest BCUT2D eigenvalue weighted by atomic mass is 35.5. The zero-order valence-electron chi connectivity index (χ0n) is 19.9. The Morgan fingerprint density at radius 1 is 0.973 bits per heavy atom. The highest BCUT2D eigenvalue weighted by Crippen LogP contribution is 2.36. The number of anilines is 1. The van der Waals surface area contributed by atoms with E-state index in [1.807, 2.05) is 18.2 Å². The van der Waals surface area contributed by atoms with Gasteiger partial charge in [-0.2, -0.15) is 5.26 Å². The summed E-state index contributed by atoms with van der Waals surface area (Å²) in [5.74, 6) is 0.794. The van der Waals surface area contributed by atoms with Gasteiger partial charge < -0.3 is 10.1 Å². The van der Waals surface area contributed by atoms with Crippen LogP contribution in [0.15, 0.2) is 95.9 Å². The fourth-order valence-corrected chi connectivity index (χ4v) is 4.74. The number of halogens is 1. The molecule has 1 amide bonds. The fraction of sp³-hybridized carbons (Fsp3) is 0.103. The molecule has 0 aliphatic carbocycles. The van der Waals surface area contributed by atoms with Crippen molar-refractivity contribution < 1.29 is 17.9 Å². The van der Waals surface area contributed by atoms with Crippen molar-refractivity contribution >= 4 is 33.0 Å². The second kappa shape index (κ2) is 11.3. The van der Waals surface area contributed by atoms with E-state index < -0.39 is 9.84 Å². The Morgan fingerprint density at radius 2 is 1.70 bits per heavy atom. The highest BCUT2D eigenvalue weighted by Gasteiger charge is 2.14. The van der Waals surface area contributed by atoms with Crippen molar-refractivity contribution in [3.05, 3.63) is 107 Å². The second-order valence-electron chi connectivity index (χ2n) is 8.23. The van der Waals surface area contributed by atoms with Gasteiger partial charge in [-0.05, 0) is 65.7 Å². The maximum atomic E-state index is 12.7. The summed E-state index contributed by atoms with van der Waals surface area (Å²) in [6.07, 6.45) is 0.0777. The fourth-order valence-electron chi connectivity index (χ4n) is 3.68. The number of nitrogens with one attached hydrogen (secondary N) is 1. The summed E-state index contributed by atoms with van der Waals surface area (Å²) in [6.45, 7) is 1.59. The Kier molecular flexibility index (Phi) is 7.92. The molecule has 0 bridgehead atoms. The van der Waals surface area contributed by atoms with E-state index in [1.165, 1.54) is 12.1 Å². The minimum absolute atomic E-state index is 0.0187. The monoisotopic (exact) mass is 530 g/mol. The van der Waals surface area contributed by atoms with Crippen molar-refractivity contribution in [2.75, 3.05) is 11.1 Å². The number of nitrogens with zero attached hydrogens (tertiary/aromatic N) is 1. The number of carbonyl (C=O) groups is 1. The molecule has 8 heteroatoms. The Balaban J connectivity index is 1.57. The molecule has 6 nitrogen and oxygen atoms in total. The molecule has 0 spiro atoms. The van der Waals surface area contributed by atoms with Crippen LogP contribution in [0, 0.1) is 11.3 Å². The van der Waals surface area contributed by atoms with E-state index in [-0.39, 0.29) is 23.0 Å². The zero-order valence-corrected chi connectivity index (χ0v) is 21.5. The lowest BCUT2D eigenvalue weighted by molar-refractivity contribution is -0.115. The van der Waals surface area contributed by atoms with Crippen molar-refractivity contribution in [3.63, 3.8) is 0 Å². The number of rotatable bonds is 8. The summed E-state index contributed by atoms with van der Waals surface area (Å²) in [4.78, 5) is 13.0. The lowest BCUT2D eigenvalue weighted by Gasteiger charge is -2.14. The first-order chi connectivity index (χ1) is 17.8. The Morgan fingerprint density at radius 3 is 2.35 bits per heavy atom. The second-order valence-corrected chi connectivity index (χ2v) is 10.9. The van der Waals surface area contributed by atoms with Crippen LogP contribution in [0.1, 0.15) is 18.1 Å². The number of hydrogen-bond donors (Lipinski definition) is 1. The summed E-state index contributed by atoms with van der Waals surface area (Å²) < 4.78 is 30.2. The van der Waals surface area contributed by atoms with E-state index in [4.69, 9.17) is 21.6 Å². The molecule has 0 aliphatic heterocycles. The third kappa shape index (κ3) is 6.56. The van der Waals surface area contributed by atoms with Gasteiger partial charge in [0.1, 0.15) is 11.5 Å². The largest absolute Gasteiger partial charge is 0.457 e. The summed E-state index contributed by atoms with van der Waals surface area (Å²) in [6, 6.07) is 27.9. The molecule has 37 heavy (non-hydrogen) atoms. The van der Waals surface area contributed by atoms with E-state index in [2.05, 4.69) is 11.4 Å². The quantitative estimate of drug-likeness (QED) is 0.275. The van der Waals surface area contributed by atoms with Crippen molar-refractivity contribution in [1.82, 2.24) is 0 Å². The van der Waals surface area contributed by atoms with E-state index >= 15 is 0 Å². The Hall–Kier alpha value is -4.12. The average molecular weight is 531 g/mol. The molecule has 4 aromatic carbocycles. The predicted molar refractivity (Wildman–Crippen MR) is 145 cm³/mol. The topological polar surface area (TPSA) is 96.3 Å². The minimum Gasteiger partial charge on any atom is -0.457 e. The molecule has 0 saturated heterocycles. The minimum atomic E-state index is -3.29. The van der Waals surface area contributed by atoms with E-state index in [1.54, 1.807) is 67.6 Å². The summed E-state index contributed by atoms with van der Waals surface area (Å²) in [7, 11) is -3.29. The van der Waals surface area contributed by atoms with Crippen molar-refractivity contribution in [3.8, 4) is 28.7 Å². The molecule has 0 heterocycles. The number of sulfone groups is 1. The first-order valence-corrected chi connectivity index (χ1v) is 13.5. The SMILES string of the molecule is CCS(=O)(=O)c1ccc(CC(=O)Nc2ccc(-c3ccc(C#N)cc3)c(Oc3cccc(Cl)c3)c2)cc1. The predicted octanol–water partition coefficient (Wildman–Crippen LogP) is 6.65. The van der Waals surface area contributed by atoms with Crippen LogP contribution in [0.5, 0.6) is 11.5 Å². The van der Waals surface area contributed by atoms with E-state index in [0.717, 1.165) is 11.1 Å². The third-order valence-electron chi connectivity index (χ3n) is 5.64. The maximum absolute atomic E-state index is 12.7. The lowest BCUT2D eigenvalue weighted by atomic mass is 10.0. The first kappa shape index (κ1) is 26.0. The maximum Gasteiger partial charge on any atom is 0.228 e. The van der Waals surface area contributed by atoms with Gasteiger partial charge in [0.25, 0.3) is 0 Å². The van der Waals surface area contributed by atoms with E-state index in [9.17, 15) is 13.2 Å². The van der Waals surface area contributed by atoms with Crippen LogP contribution >= 0.6 is 11.6 Å². The molecule has 1 N–H and O–H groups in total. The van der Waals surface area contributed by atoms with Gasteiger partial charge in [-0.15, -0.1) is 0 Å². The molecule has 0 atom stereocenters. The Labute approximate surface area is 221 Å². The molecule has 0 fully saturated rings. The summed E-state index contributed by atoms with van der Waals surface area (Å²) in [5.41, 5.74) is 3.39. The Bertz CT molecular complexity index is 1580. The first-order valence-electron chi connectivity index (χ1n) is 11.5. The third-order valence-corrected chi connectivity index (χ3v) is 7.63. The van der Waals surface area contributed by atoms with E-state index in [0.29, 0.717) is 33.3 Å². The number of benzene rings is 4. The van der Waals surface area contributed by atoms with Gasteiger partial charge >= 0.3 is 0 Å². The van der Waals surface area contributed by atoms with Crippen LogP contribution in [0.2, 0.25) is 5.02 Å². The van der Waals surface area contributed by atoms with Crippen LogP contribution in [0.3, 0.4) is 0 Å². The number of amides is 1. The van der Waals surface area contributed by atoms with Crippen LogP contribution in [0.4, 0.5) is 5.69 Å². The van der Waals surface area contributed by atoms with Gasteiger partial charge in [0.15, 0.2) is 9.84 Å². The van der Waals surface area contributed by atoms with Gasteiger partial charge in [-0.25, -0.2) is 8.42 Å². The number of carbonyl (C=O) groups excluding carboxylic acids is 1. The molecule has 4 rings (SSSR count). The van der Waals surface area contributed by atoms with Crippen molar-refractivity contribution in [2.24, 2.45) is 0 Å². The van der Waals surface area contributed by atoms with Crippen LogP contribution in [-0.4, -0.2) is 20.1 Å². The molecule has 0 radical (unpaired) electrons. The molecular weight excluding hydrogens is 508 g/mol. The molecule has 0 aromatic heterocycles. The summed E-state index contributed by atoms with van der Waals surface area (Å²) >= 11 is 6.12. The van der Waals surface area contributed by atoms with Gasteiger partial charge in [0, 0.05) is 22.3 Å². The molecule has 0 unspecified atom stereocenters. The number of ether oxygens (including phenoxy) is 1. The zero-order chi connectivity index (χ0) is 26.4. The van der Waals surface area contributed by atoms with Crippen LogP contribution in [0.25, 0.3) is 11.1 Å². The van der Waals surface area contributed by atoms with Gasteiger partial charge in [0.05, 0.1) is 28.7 Å². The van der Waals surface area contributed by atoms with Gasteiger partial charge in [-0.1, -0.05) is 48.9 Å². The van der Waals surface area contributed by atoms with Crippen molar-refractivity contribution in [1.29, 1.82) is 5.26 Å². The molecule has 4 aromatic rings. The standard InChI is InChI=1S/C29H23ClN2O4S/c1-2-37(34,35)26-13-8-20(9-14-26)16-29(33)32-24-12-15-27(22-10-6-21(19-31)7-11-22)28(18-24)36-25-5-3-4-23(30)17-25/h3-15,17-18H,2,16H2,1H3,(H,32,33). The molecule has 186 valence electrons. The molecule has 0 aliphatic rings. The number of hydrogen-bond acceptors (Lipinski definition) is 5. The average Bonchev–Trinajstić information content (AvgIpc) is 2.89. The molecular formula is C29H23ClN2O4S. The highest BCUT2D eigenvalue weighted by molar-refractivity contribution is 7.91. The smallest absolute Gasteiger partial charge is 0.228 e. The lowest BCUT2D eigenvalue weighted by Crippen LogP contribution is -2.14. The van der Waals surface area contributed by atoms with Gasteiger partial charge in [0.2, 0.25) is 5.91 Å². The number of nitriles is 1. The van der Waals surface area contributed by atoms with Crippen LogP contribution in [-0.2, 0) is 21.1 Å². The molecule has 0 saturated carbocycles. The van der Waals surface area contributed by atoms with Crippen LogP contribution < -0.4 is 10.1 Å². The van der Waals surface area contributed by atoms with Crippen molar-refractivity contribution in [2.45, 2.75) is 18.2 Å². The summed E-state index contributed by atoms with van der Waals surface area (Å²) in [5, 5.41) is 12.5. The van der Waals surface area contributed by atoms with Gasteiger partial charge in [-0.3, -0.25) is 4.79 Å².